The van der Waals surface area contributed by atoms with Crippen molar-refractivity contribution in [2.75, 3.05) is 0 Å². The standard InChI is InChI=1S/C17H25NO4S/c1-5-16(14(19)20)10(3)18-11(4)17(6-2,15(21)22)13(16)12-8-7-9-23-12/h7-11,13,18H,5-6H2,1-4H3,(H,19,20)(H,21,22). The van der Waals surface area contributed by atoms with Crippen LogP contribution in [0.2, 0.25) is 0 Å². The van der Waals surface area contributed by atoms with Crippen LogP contribution >= 0.6 is 11.3 Å². The van der Waals surface area contributed by atoms with Crippen LogP contribution in [0.25, 0.3) is 0 Å². The average Bonchev–Trinajstić information content (AvgIpc) is 3.00. The number of carboxylic acids is 2. The van der Waals surface area contributed by atoms with Crippen molar-refractivity contribution >= 4 is 23.3 Å². The van der Waals surface area contributed by atoms with Gasteiger partial charge in [0, 0.05) is 22.9 Å². The Morgan fingerprint density at radius 1 is 1.13 bits per heavy atom. The molecule has 0 radical (unpaired) electrons. The number of carboxylic acid groups (broad SMARTS) is 2. The number of hydrogen-bond donors (Lipinski definition) is 3. The molecule has 0 bridgehead atoms. The molecule has 1 fully saturated rings. The molecule has 0 amide bonds. The number of rotatable bonds is 5. The summed E-state index contributed by atoms with van der Waals surface area (Å²) in [7, 11) is 0. The van der Waals surface area contributed by atoms with Crippen molar-refractivity contribution in [2.24, 2.45) is 10.8 Å². The van der Waals surface area contributed by atoms with Gasteiger partial charge in [0.15, 0.2) is 0 Å². The normalized spacial score (nSPS) is 37.5. The third-order valence-electron chi connectivity index (χ3n) is 5.87. The predicted molar refractivity (Wildman–Crippen MR) is 89.8 cm³/mol. The van der Waals surface area contributed by atoms with Gasteiger partial charge in [-0.1, -0.05) is 19.9 Å². The lowest BCUT2D eigenvalue weighted by atomic mass is 9.51. The Hall–Kier alpha value is -1.40. The minimum Gasteiger partial charge on any atom is -0.481 e. The maximum Gasteiger partial charge on any atom is 0.311 e. The Balaban J connectivity index is 2.81. The molecule has 6 heteroatoms. The van der Waals surface area contributed by atoms with Gasteiger partial charge in [0.05, 0.1) is 10.8 Å². The Kier molecular flexibility index (Phi) is 4.87. The Morgan fingerprint density at radius 3 is 1.91 bits per heavy atom. The number of carbonyl (C=O) groups is 2. The van der Waals surface area contributed by atoms with E-state index in [1.165, 1.54) is 11.3 Å². The fourth-order valence-electron chi connectivity index (χ4n) is 4.54. The molecule has 1 aliphatic rings. The lowest BCUT2D eigenvalue weighted by Gasteiger charge is -2.56. The van der Waals surface area contributed by atoms with E-state index in [1.54, 1.807) is 0 Å². The van der Waals surface area contributed by atoms with Gasteiger partial charge in [-0.25, -0.2) is 0 Å². The molecule has 1 saturated heterocycles. The van der Waals surface area contributed by atoms with Gasteiger partial charge >= 0.3 is 11.9 Å². The van der Waals surface area contributed by atoms with Gasteiger partial charge in [-0.3, -0.25) is 9.59 Å². The molecule has 1 aliphatic heterocycles. The van der Waals surface area contributed by atoms with Crippen LogP contribution in [0.4, 0.5) is 0 Å². The Bertz CT molecular complexity index is 553. The van der Waals surface area contributed by atoms with Crippen LogP contribution in [0.15, 0.2) is 17.5 Å². The zero-order valence-corrected chi connectivity index (χ0v) is 14.8. The SMILES string of the molecule is CCC1(C(=O)O)C(C)NC(C)C(CC)(C(=O)O)C1c1cccs1. The summed E-state index contributed by atoms with van der Waals surface area (Å²) in [6.45, 7) is 7.39. The highest BCUT2D eigenvalue weighted by atomic mass is 32.1. The predicted octanol–water partition coefficient (Wildman–Crippen LogP) is 3.17. The zero-order chi connectivity index (χ0) is 17.4. The van der Waals surface area contributed by atoms with Gasteiger partial charge in [-0.15, -0.1) is 11.3 Å². The minimum atomic E-state index is -1.15. The fourth-order valence-corrected chi connectivity index (χ4v) is 5.56. The molecule has 128 valence electrons. The fraction of sp³-hybridized carbons (Fsp3) is 0.647. The van der Waals surface area contributed by atoms with Crippen molar-refractivity contribution in [1.29, 1.82) is 0 Å². The molecule has 0 aromatic carbocycles. The highest BCUT2D eigenvalue weighted by molar-refractivity contribution is 7.10. The molecule has 0 saturated carbocycles. The smallest absolute Gasteiger partial charge is 0.311 e. The second-order valence-corrected chi connectivity index (χ2v) is 7.44. The minimum absolute atomic E-state index is 0.314. The highest BCUT2D eigenvalue weighted by Gasteiger charge is 2.65. The van der Waals surface area contributed by atoms with E-state index >= 15 is 0 Å². The molecule has 2 heterocycles. The van der Waals surface area contributed by atoms with E-state index < -0.39 is 28.7 Å². The lowest BCUT2D eigenvalue weighted by molar-refractivity contribution is -0.172. The molecule has 4 unspecified atom stereocenters. The van der Waals surface area contributed by atoms with Gasteiger partial charge < -0.3 is 15.5 Å². The summed E-state index contributed by atoms with van der Waals surface area (Å²) in [5, 5.41) is 25.3. The number of aliphatic carboxylic acids is 2. The first-order valence-electron chi connectivity index (χ1n) is 8.05. The van der Waals surface area contributed by atoms with E-state index in [2.05, 4.69) is 5.32 Å². The Morgan fingerprint density at radius 2 is 1.61 bits per heavy atom. The molecule has 0 spiro atoms. The molecule has 4 atom stereocenters. The molecule has 23 heavy (non-hydrogen) atoms. The van der Waals surface area contributed by atoms with Crippen molar-refractivity contribution in [1.82, 2.24) is 5.32 Å². The number of thiophene rings is 1. The number of nitrogens with one attached hydrogen (secondary N) is 1. The molecule has 2 rings (SSSR count). The number of piperidine rings is 1. The molecule has 3 N–H and O–H groups in total. The van der Waals surface area contributed by atoms with Crippen molar-refractivity contribution in [2.45, 2.75) is 58.5 Å². The monoisotopic (exact) mass is 339 g/mol. The van der Waals surface area contributed by atoms with Crippen LogP contribution in [0.3, 0.4) is 0 Å². The summed E-state index contributed by atoms with van der Waals surface area (Å²) < 4.78 is 0. The highest BCUT2D eigenvalue weighted by Crippen LogP contribution is 2.59. The summed E-state index contributed by atoms with van der Waals surface area (Å²) >= 11 is 1.45. The third-order valence-corrected chi connectivity index (χ3v) is 6.81. The van der Waals surface area contributed by atoms with Crippen LogP contribution in [0.1, 0.15) is 51.3 Å². The first-order chi connectivity index (χ1) is 10.8. The van der Waals surface area contributed by atoms with Crippen LogP contribution in [-0.2, 0) is 9.59 Å². The second kappa shape index (κ2) is 6.24. The van der Waals surface area contributed by atoms with Crippen LogP contribution in [0, 0.1) is 10.8 Å². The van der Waals surface area contributed by atoms with E-state index in [-0.39, 0.29) is 12.1 Å². The average molecular weight is 339 g/mol. The zero-order valence-electron chi connectivity index (χ0n) is 14.0. The lowest BCUT2D eigenvalue weighted by Crippen LogP contribution is -2.69. The number of hydrogen-bond acceptors (Lipinski definition) is 4. The topological polar surface area (TPSA) is 86.6 Å². The van der Waals surface area contributed by atoms with Gasteiger partial charge in [-0.2, -0.15) is 0 Å². The van der Waals surface area contributed by atoms with Crippen molar-refractivity contribution in [3.63, 3.8) is 0 Å². The first-order valence-corrected chi connectivity index (χ1v) is 8.93. The van der Waals surface area contributed by atoms with E-state index in [0.717, 1.165) is 4.88 Å². The van der Waals surface area contributed by atoms with Crippen LogP contribution < -0.4 is 5.32 Å². The molecule has 0 aliphatic carbocycles. The Labute approximate surface area is 140 Å². The second-order valence-electron chi connectivity index (χ2n) is 6.46. The van der Waals surface area contributed by atoms with Crippen molar-refractivity contribution in [3.05, 3.63) is 22.4 Å². The van der Waals surface area contributed by atoms with E-state index in [1.807, 2.05) is 45.2 Å². The summed E-state index contributed by atoms with van der Waals surface area (Å²) in [6.07, 6.45) is 0.752. The van der Waals surface area contributed by atoms with E-state index in [9.17, 15) is 19.8 Å². The molecule has 1 aromatic rings. The van der Waals surface area contributed by atoms with Crippen molar-refractivity contribution < 1.29 is 19.8 Å². The van der Waals surface area contributed by atoms with Gasteiger partial charge in [0.2, 0.25) is 0 Å². The molecular weight excluding hydrogens is 314 g/mol. The maximum atomic E-state index is 12.3. The summed E-state index contributed by atoms with van der Waals surface area (Å²) in [4.78, 5) is 25.5. The van der Waals surface area contributed by atoms with Crippen LogP contribution in [0.5, 0.6) is 0 Å². The van der Waals surface area contributed by atoms with Crippen molar-refractivity contribution in [3.8, 4) is 0 Å². The largest absolute Gasteiger partial charge is 0.481 e. The molecule has 1 aromatic heterocycles. The molecule has 5 nitrogen and oxygen atoms in total. The third kappa shape index (κ3) is 2.31. The summed E-state index contributed by atoms with van der Waals surface area (Å²) in [6, 6.07) is 3.11. The van der Waals surface area contributed by atoms with E-state index in [0.29, 0.717) is 12.8 Å². The maximum absolute atomic E-state index is 12.3. The van der Waals surface area contributed by atoms with Gasteiger partial charge in [0.1, 0.15) is 0 Å². The van der Waals surface area contributed by atoms with E-state index in [4.69, 9.17) is 0 Å². The quantitative estimate of drug-likeness (QED) is 0.767. The summed E-state index contributed by atoms with van der Waals surface area (Å²) in [5.74, 6) is -2.42. The van der Waals surface area contributed by atoms with Crippen LogP contribution in [-0.4, -0.2) is 34.2 Å². The first kappa shape index (κ1) is 17.9. The van der Waals surface area contributed by atoms with Gasteiger partial charge in [0.25, 0.3) is 0 Å². The summed E-state index contributed by atoms with van der Waals surface area (Å²) in [5.41, 5.74) is -2.29. The molecular formula is C17H25NO4S. The van der Waals surface area contributed by atoms with Gasteiger partial charge in [-0.05, 0) is 38.1 Å².